The fourth-order valence-corrected chi connectivity index (χ4v) is 1.55. The van der Waals surface area contributed by atoms with Gasteiger partial charge in [-0.1, -0.05) is 0 Å². The molecule has 0 radical (unpaired) electrons. The van der Waals surface area contributed by atoms with Gasteiger partial charge >= 0.3 is 109 Å². The van der Waals surface area contributed by atoms with Crippen LogP contribution in [0.1, 0.15) is 0 Å². The molecule has 0 fully saturated rings. The zero-order valence-electron chi connectivity index (χ0n) is 11.3. The van der Waals surface area contributed by atoms with Crippen LogP contribution in [-0.4, -0.2) is 70.7 Å². The molecule has 0 spiro atoms. The van der Waals surface area contributed by atoms with Crippen LogP contribution in [0.4, 0.5) is 60.6 Å². The van der Waals surface area contributed by atoms with Crippen LogP contribution in [0.15, 0.2) is 18.2 Å². The number of halogens is 14. The molecule has 0 aliphatic heterocycles. The van der Waals surface area contributed by atoms with Crippen molar-refractivity contribution in [3.05, 3.63) is 29.8 Å². The van der Waals surface area contributed by atoms with Gasteiger partial charge in [-0.05, 0) is 0 Å². The normalized spacial score (nSPS) is 11.2. The first-order chi connectivity index (χ1) is 10.2. The van der Waals surface area contributed by atoms with Crippen molar-refractivity contribution in [3.63, 3.8) is 0 Å². The van der Waals surface area contributed by atoms with Crippen molar-refractivity contribution in [3.8, 4) is 0 Å². The third-order valence-electron chi connectivity index (χ3n) is 1.01. The van der Waals surface area contributed by atoms with E-state index in [0.717, 1.165) is 5.72 Å². The van der Waals surface area contributed by atoms with Gasteiger partial charge in [0.15, 0.2) is 0 Å². The fourth-order valence-electron chi connectivity index (χ4n) is 0.692. The summed E-state index contributed by atoms with van der Waals surface area (Å²) < 4.78 is 142. The second-order valence-electron chi connectivity index (χ2n) is 3.43. The zero-order chi connectivity index (χ0) is 20.4. The van der Waals surface area contributed by atoms with Gasteiger partial charge in [0.25, 0.3) is 0 Å². The van der Waals surface area contributed by atoms with Crippen molar-refractivity contribution < 1.29 is 60.6 Å². The Morgan fingerprint density at radius 3 is 0.792 bits per heavy atom. The van der Waals surface area contributed by atoms with E-state index < -0.39 is 33.4 Å². The molecule has 0 saturated carbocycles. The summed E-state index contributed by atoms with van der Waals surface area (Å²) in [5.74, 6) is -0.948. The Hall–Kier alpha value is 0.0712. The topological polar surface area (TPSA) is 0 Å². The Labute approximate surface area is 159 Å². The Morgan fingerprint density at radius 1 is 0.500 bits per heavy atom. The molecule has 0 heterocycles. The molecule has 0 aliphatic rings. The molecular weight excluding hydrogens is 410 g/mol. The van der Waals surface area contributed by atoms with Gasteiger partial charge in [0.2, 0.25) is 0 Å². The van der Waals surface area contributed by atoms with E-state index in [1.807, 2.05) is 0 Å². The predicted molar refractivity (Wildman–Crippen MR) is 62.3 cm³/mol. The van der Waals surface area contributed by atoms with Gasteiger partial charge in [0, 0.05) is 0 Å². The number of benzene rings is 1. The third kappa shape index (κ3) is 67.3. The van der Waals surface area contributed by atoms with E-state index in [4.69, 9.17) is 0 Å². The number of hydrogen-bond donors (Lipinski definition) is 0. The van der Waals surface area contributed by atoms with Crippen LogP contribution in [0.2, 0.25) is 0 Å². The molecule has 0 bridgehead atoms. The summed E-state index contributed by atoms with van der Waals surface area (Å²) in [4.78, 5) is 0. The quantitative estimate of drug-likeness (QED) is 0.430. The minimum atomic E-state index is -6.00. The summed E-state index contributed by atoms with van der Waals surface area (Å²) in [7, 11) is -18.0. The molecule has 0 atom stereocenters. The molecule has 138 valence electrons. The van der Waals surface area contributed by atoms with Crippen LogP contribution in [0, 0.1) is 11.6 Å². The van der Waals surface area contributed by atoms with Crippen molar-refractivity contribution in [2.24, 2.45) is 0 Å². The Balaban J connectivity index is -0.000000259. The summed E-state index contributed by atoms with van der Waals surface area (Å²) in [6.45, 7) is 0. The Morgan fingerprint density at radius 2 is 0.667 bits per heavy atom. The van der Waals surface area contributed by atoms with Gasteiger partial charge in [0.05, 0.1) is 0 Å². The van der Waals surface area contributed by atoms with E-state index in [2.05, 4.69) is 0 Å². The molecule has 0 N–H and O–H groups in total. The summed E-state index contributed by atoms with van der Waals surface area (Å²) in [6, 6.07) is 3.61. The standard InChI is InChI=1S/C6H3F2.3BF4.K/c7-5-2-1-3-6(8)4-5;3*2-1(3,4)5;/h2-4H;;;;/q;3*-1;. The molecule has 1 aromatic carbocycles. The second-order valence-corrected chi connectivity index (χ2v) is 5.23. The molecule has 1 aromatic rings. The van der Waals surface area contributed by atoms with Gasteiger partial charge in [0.1, 0.15) is 0 Å². The Kier molecular flexibility index (Phi) is 14.9. The van der Waals surface area contributed by atoms with Crippen molar-refractivity contribution in [2.45, 2.75) is 0 Å². The van der Waals surface area contributed by atoms with Crippen LogP contribution >= 0.6 is 0 Å². The molecule has 0 amide bonds. The van der Waals surface area contributed by atoms with Gasteiger partial charge in [-0.2, -0.15) is 0 Å². The van der Waals surface area contributed by atoms with Crippen LogP contribution in [0.25, 0.3) is 0 Å². The second kappa shape index (κ2) is 12.4. The van der Waals surface area contributed by atoms with E-state index in [9.17, 15) is 60.6 Å². The molecule has 0 aliphatic carbocycles. The summed E-state index contributed by atoms with van der Waals surface area (Å²) in [6.07, 6.45) is 0. The van der Waals surface area contributed by atoms with Crippen LogP contribution in [-0.2, 0) is 0 Å². The van der Waals surface area contributed by atoms with Crippen molar-refractivity contribution in [1.29, 1.82) is 0 Å². The zero-order valence-corrected chi connectivity index (χ0v) is 14.4. The van der Waals surface area contributed by atoms with E-state index in [0.29, 0.717) is 49.0 Å². The molecule has 18 heteroatoms. The summed E-state index contributed by atoms with van der Waals surface area (Å²) in [5, 5.41) is 0. The first kappa shape index (κ1) is 28.9. The fraction of sp³-hybridized carbons (Fsp3) is 0. The van der Waals surface area contributed by atoms with Crippen LogP contribution in [0.3, 0.4) is 0 Å². The molecule has 0 unspecified atom stereocenters. The monoisotopic (exact) mass is 413 g/mol. The number of hydrogen-bond acceptors (Lipinski definition) is 0. The van der Waals surface area contributed by atoms with E-state index in [1.54, 1.807) is 0 Å². The van der Waals surface area contributed by atoms with Crippen LogP contribution < -0.4 is -0.342 Å². The van der Waals surface area contributed by atoms with E-state index in [1.165, 1.54) is 12.1 Å². The first-order valence-electron chi connectivity index (χ1n) is 5.23. The molecular formula is C6H3B3F14K-3. The van der Waals surface area contributed by atoms with Crippen molar-refractivity contribution in [1.82, 2.24) is 0 Å². The molecule has 0 aromatic heterocycles. The molecule has 0 nitrogen and oxygen atoms in total. The van der Waals surface area contributed by atoms with Crippen molar-refractivity contribution >= 4 is 70.4 Å². The number of rotatable bonds is 0. The van der Waals surface area contributed by atoms with Gasteiger partial charge in [-0.25, -0.2) is 0 Å². The summed E-state index contributed by atoms with van der Waals surface area (Å²) >= 11 is 0.357. The minimum absolute atomic E-state index is 0.357. The average Bonchev–Trinajstić information content (AvgIpc) is 2.04. The van der Waals surface area contributed by atoms with E-state index in [-0.39, 0.29) is 0 Å². The maximum absolute atomic E-state index is 12.2. The van der Waals surface area contributed by atoms with E-state index >= 15 is 0 Å². The van der Waals surface area contributed by atoms with Gasteiger partial charge < -0.3 is 51.8 Å². The van der Waals surface area contributed by atoms with Crippen molar-refractivity contribution in [2.75, 3.05) is 0 Å². The predicted octanol–water partition coefficient (Wildman–Crippen LogP) is 4.66. The Bertz CT molecular complexity index is 356. The van der Waals surface area contributed by atoms with Gasteiger partial charge in [-0.15, -0.1) is 0 Å². The maximum atomic E-state index is 12.2. The van der Waals surface area contributed by atoms with Gasteiger partial charge in [-0.3, -0.25) is 0 Å². The average molecular weight is 413 g/mol. The summed E-state index contributed by atoms with van der Waals surface area (Å²) in [5.41, 5.74) is 0. The SMILES string of the molecule is F[B-](F)(F)F.F[B-](F)(F)F.F[B-](F)(F)F.Fc1cc(F)c[c]([K])c1. The molecule has 1 rings (SSSR count). The van der Waals surface area contributed by atoms with Crippen LogP contribution in [0.5, 0.6) is 0 Å². The molecule has 24 heavy (non-hydrogen) atoms. The third-order valence-corrected chi connectivity index (χ3v) is 1.91. The first-order valence-corrected chi connectivity index (χ1v) is 6.79. The molecule has 0 saturated heterocycles.